The van der Waals surface area contributed by atoms with E-state index in [0.29, 0.717) is 36.6 Å². The maximum absolute atomic E-state index is 12.5. The first-order chi connectivity index (χ1) is 11.1. The lowest BCUT2D eigenvalue weighted by atomic mass is 9.96. The first kappa shape index (κ1) is 15.5. The maximum atomic E-state index is 12.5. The van der Waals surface area contributed by atoms with E-state index in [4.69, 9.17) is 17.3 Å². The van der Waals surface area contributed by atoms with Crippen molar-refractivity contribution in [2.45, 2.75) is 12.8 Å². The molecule has 1 aliphatic rings. The molecule has 2 amide bonds. The number of carbonyl (C=O) groups excluding carboxylic acids is 2. The molecule has 23 heavy (non-hydrogen) atoms. The first-order valence-corrected chi connectivity index (χ1v) is 7.70. The number of piperidine rings is 1. The number of benzene rings is 1. The van der Waals surface area contributed by atoms with Crippen LogP contribution in [0.4, 0.5) is 0 Å². The molecule has 0 atom stereocenters. The summed E-state index contributed by atoms with van der Waals surface area (Å²) in [5.74, 6) is -0.661. The Bertz CT molecular complexity index is 737. The molecule has 0 bridgehead atoms. The number of hydrogen-bond donors (Lipinski definition) is 1. The highest BCUT2D eigenvalue weighted by Gasteiger charge is 2.27. The summed E-state index contributed by atoms with van der Waals surface area (Å²) in [5.41, 5.74) is 6.21. The minimum absolute atomic E-state index is 0.155. The van der Waals surface area contributed by atoms with Crippen molar-refractivity contribution in [1.82, 2.24) is 19.9 Å². The van der Waals surface area contributed by atoms with Gasteiger partial charge < -0.3 is 10.6 Å². The molecule has 1 aliphatic heterocycles. The van der Waals surface area contributed by atoms with Crippen LogP contribution in [-0.4, -0.2) is 44.8 Å². The SMILES string of the molecule is NC(=O)C1CCN(C(=O)c2cn(-c3ccccc3Cl)nn2)CC1. The topological polar surface area (TPSA) is 94.1 Å². The zero-order valence-corrected chi connectivity index (χ0v) is 13.1. The van der Waals surface area contributed by atoms with Crippen LogP contribution in [0.15, 0.2) is 30.5 Å². The van der Waals surface area contributed by atoms with Crippen LogP contribution >= 0.6 is 11.6 Å². The van der Waals surface area contributed by atoms with Crippen molar-refractivity contribution in [3.05, 3.63) is 41.2 Å². The Morgan fingerprint density at radius 2 is 1.91 bits per heavy atom. The van der Waals surface area contributed by atoms with Gasteiger partial charge in [0.1, 0.15) is 0 Å². The molecule has 0 aliphatic carbocycles. The Labute approximate surface area is 138 Å². The molecule has 1 fully saturated rings. The van der Waals surface area contributed by atoms with E-state index in [-0.39, 0.29) is 23.4 Å². The minimum Gasteiger partial charge on any atom is -0.369 e. The predicted molar refractivity (Wildman–Crippen MR) is 84.2 cm³/mol. The van der Waals surface area contributed by atoms with Crippen LogP contribution in [0.2, 0.25) is 5.02 Å². The van der Waals surface area contributed by atoms with Crippen LogP contribution in [0.5, 0.6) is 0 Å². The molecule has 8 heteroatoms. The van der Waals surface area contributed by atoms with Gasteiger partial charge in [-0.25, -0.2) is 4.68 Å². The highest BCUT2D eigenvalue weighted by Crippen LogP contribution is 2.20. The molecular weight excluding hydrogens is 318 g/mol. The molecule has 1 aromatic heterocycles. The van der Waals surface area contributed by atoms with Crippen molar-refractivity contribution in [2.75, 3.05) is 13.1 Å². The van der Waals surface area contributed by atoms with E-state index in [0.717, 1.165) is 0 Å². The van der Waals surface area contributed by atoms with Crippen molar-refractivity contribution in [3.8, 4) is 5.69 Å². The van der Waals surface area contributed by atoms with Gasteiger partial charge in [-0.1, -0.05) is 28.9 Å². The molecule has 3 rings (SSSR count). The number of primary amides is 1. The first-order valence-electron chi connectivity index (χ1n) is 7.32. The third-order valence-electron chi connectivity index (χ3n) is 4.00. The second kappa shape index (κ2) is 6.37. The molecule has 2 aromatic rings. The number of para-hydroxylation sites is 1. The Balaban J connectivity index is 1.72. The molecule has 0 saturated carbocycles. The normalized spacial score (nSPS) is 15.6. The van der Waals surface area contributed by atoms with Gasteiger partial charge in [-0.15, -0.1) is 5.10 Å². The Kier molecular flexibility index (Phi) is 4.29. The number of aromatic nitrogens is 3. The molecule has 0 spiro atoms. The fraction of sp³-hybridized carbons (Fsp3) is 0.333. The van der Waals surface area contributed by atoms with Crippen LogP contribution in [-0.2, 0) is 4.79 Å². The van der Waals surface area contributed by atoms with E-state index in [2.05, 4.69) is 10.3 Å². The van der Waals surface area contributed by atoms with Crippen LogP contribution in [0.1, 0.15) is 23.3 Å². The number of carbonyl (C=O) groups is 2. The van der Waals surface area contributed by atoms with Gasteiger partial charge in [0.2, 0.25) is 5.91 Å². The van der Waals surface area contributed by atoms with Gasteiger partial charge in [-0.2, -0.15) is 0 Å². The number of hydrogen-bond acceptors (Lipinski definition) is 4. The third kappa shape index (κ3) is 3.19. The molecule has 1 saturated heterocycles. The standard InChI is InChI=1S/C15H16ClN5O2/c16-11-3-1-2-4-13(11)21-9-12(18-19-21)15(23)20-7-5-10(6-8-20)14(17)22/h1-4,9-10H,5-8H2,(H2,17,22). The molecule has 2 N–H and O–H groups in total. The number of nitrogens with zero attached hydrogens (tertiary/aromatic N) is 4. The van der Waals surface area contributed by atoms with Gasteiger partial charge in [0, 0.05) is 19.0 Å². The van der Waals surface area contributed by atoms with Gasteiger partial charge >= 0.3 is 0 Å². The predicted octanol–water partition coefficient (Wildman–Crippen LogP) is 1.26. The van der Waals surface area contributed by atoms with E-state index in [1.165, 1.54) is 4.68 Å². The summed E-state index contributed by atoms with van der Waals surface area (Å²) in [7, 11) is 0. The van der Waals surface area contributed by atoms with Crippen molar-refractivity contribution in [3.63, 3.8) is 0 Å². The van der Waals surface area contributed by atoms with Gasteiger partial charge in [0.25, 0.3) is 5.91 Å². The lowest BCUT2D eigenvalue weighted by Crippen LogP contribution is -2.41. The summed E-state index contributed by atoms with van der Waals surface area (Å²) in [4.78, 5) is 25.3. The molecule has 2 heterocycles. The summed E-state index contributed by atoms with van der Waals surface area (Å²) in [6.45, 7) is 0.983. The van der Waals surface area contributed by atoms with E-state index in [1.807, 2.05) is 12.1 Å². The zero-order valence-electron chi connectivity index (χ0n) is 12.4. The number of rotatable bonds is 3. The van der Waals surface area contributed by atoms with Gasteiger partial charge in [0.15, 0.2) is 5.69 Å². The molecule has 0 radical (unpaired) electrons. The van der Waals surface area contributed by atoms with Crippen LogP contribution in [0.3, 0.4) is 0 Å². The Morgan fingerprint density at radius 3 is 2.57 bits per heavy atom. The number of nitrogens with two attached hydrogens (primary N) is 1. The van der Waals surface area contributed by atoms with Gasteiger partial charge in [-0.3, -0.25) is 9.59 Å². The molecule has 7 nitrogen and oxygen atoms in total. The van der Waals surface area contributed by atoms with Gasteiger partial charge in [-0.05, 0) is 25.0 Å². The Hall–Kier alpha value is -2.41. The summed E-state index contributed by atoms with van der Waals surface area (Å²) in [6.07, 6.45) is 2.73. The van der Waals surface area contributed by atoms with E-state index >= 15 is 0 Å². The second-order valence-corrected chi connectivity index (χ2v) is 5.88. The van der Waals surface area contributed by atoms with Crippen LogP contribution in [0, 0.1) is 5.92 Å². The fourth-order valence-electron chi connectivity index (χ4n) is 2.65. The van der Waals surface area contributed by atoms with Crippen LogP contribution in [0.25, 0.3) is 5.69 Å². The summed E-state index contributed by atoms with van der Waals surface area (Å²) >= 11 is 6.11. The lowest BCUT2D eigenvalue weighted by Gasteiger charge is -2.29. The van der Waals surface area contributed by atoms with E-state index in [9.17, 15) is 9.59 Å². The highest BCUT2D eigenvalue weighted by molar-refractivity contribution is 6.32. The number of halogens is 1. The summed E-state index contributed by atoms with van der Waals surface area (Å²) in [5, 5.41) is 8.43. The minimum atomic E-state index is -0.304. The van der Waals surface area contributed by atoms with Gasteiger partial charge in [0.05, 0.1) is 16.9 Å². The smallest absolute Gasteiger partial charge is 0.276 e. The highest BCUT2D eigenvalue weighted by atomic mass is 35.5. The molecule has 120 valence electrons. The van der Waals surface area contributed by atoms with Crippen LogP contribution < -0.4 is 5.73 Å². The average Bonchev–Trinajstić information content (AvgIpc) is 3.04. The fourth-order valence-corrected chi connectivity index (χ4v) is 2.87. The summed E-state index contributed by atoms with van der Waals surface area (Å²) in [6, 6.07) is 7.19. The van der Waals surface area contributed by atoms with E-state index in [1.54, 1.807) is 23.2 Å². The third-order valence-corrected chi connectivity index (χ3v) is 4.32. The molecular formula is C15H16ClN5O2. The number of amides is 2. The van der Waals surface area contributed by atoms with Crippen molar-refractivity contribution < 1.29 is 9.59 Å². The lowest BCUT2D eigenvalue weighted by molar-refractivity contribution is -0.123. The average molecular weight is 334 g/mol. The zero-order chi connectivity index (χ0) is 16.4. The van der Waals surface area contributed by atoms with Crippen molar-refractivity contribution in [1.29, 1.82) is 0 Å². The quantitative estimate of drug-likeness (QED) is 0.914. The molecule has 1 aromatic carbocycles. The monoisotopic (exact) mass is 333 g/mol. The second-order valence-electron chi connectivity index (χ2n) is 5.47. The van der Waals surface area contributed by atoms with Crippen molar-refractivity contribution in [2.24, 2.45) is 11.7 Å². The molecule has 0 unspecified atom stereocenters. The van der Waals surface area contributed by atoms with Crippen molar-refractivity contribution >= 4 is 23.4 Å². The largest absolute Gasteiger partial charge is 0.369 e. The van der Waals surface area contributed by atoms with E-state index < -0.39 is 0 Å². The number of likely N-dealkylation sites (tertiary alicyclic amines) is 1. The Morgan fingerprint density at radius 1 is 1.22 bits per heavy atom. The maximum Gasteiger partial charge on any atom is 0.276 e. The summed E-state index contributed by atoms with van der Waals surface area (Å²) < 4.78 is 1.48.